The standard InChI is InChI=1S/C15H13FN2O/c1-2-18(11-5-3-6-12(19)9-11)15-8-4-7-14(16)13(15)10-17/h3-9,19H,2H2,1H3. The van der Waals surface area contributed by atoms with E-state index in [0.717, 1.165) is 0 Å². The zero-order chi connectivity index (χ0) is 13.8. The summed E-state index contributed by atoms with van der Waals surface area (Å²) < 4.78 is 13.6. The van der Waals surface area contributed by atoms with Crippen molar-refractivity contribution in [2.45, 2.75) is 6.92 Å². The van der Waals surface area contributed by atoms with Gasteiger partial charge in [-0.3, -0.25) is 0 Å². The van der Waals surface area contributed by atoms with E-state index in [0.29, 0.717) is 17.9 Å². The number of phenols is 1. The van der Waals surface area contributed by atoms with Gasteiger partial charge >= 0.3 is 0 Å². The van der Waals surface area contributed by atoms with Crippen LogP contribution in [0.5, 0.6) is 5.75 Å². The number of nitriles is 1. The first-order valence-electron chi connectivity index (χ1n) is 5.92. The Hall–Kier alpha value is -2.54. The number of halogens is 1. The fourth-order valence-corrected chi connectivity index (χ4v) is 2.00. The van der Waals surface area contributed by atoms with Crippen molar-refractivity contribution in [2.24, 2.45) is 0 Å². The summed E-state index contributed by atoms with van der Waals surface area (Å²) in [5.41, 5.74) is 1.22. The SMILES string of the molecule is CCN(c1cccc(O)c1)c1cccc(F)c1C#N. The smallest absolute Gasteiger partial charge is 0.143 e. The molecule has 1 N–H and O–H groups in total. The summed E-state index contributed by atoms with van der Waals surface area (Å²) in [5, 5.41) is 18.6. The summed E-state index contributed by atoms with van der Waals surface area (Å²) in [4.78, 5) is 1.78. The van der Waals surface area contributed by atoms with E-state index in [1.165, 1.54) is 6.07 Å². The van der Waals surface area contributed by atoms with E-state index >= 15 is 0 Å². The minimum Gasteiger partial charge on any atom is -0.508 e. The van der Waals surface area contributed by atoms with Crippen LogP contribution in [0.15, 0.2) is 42.5 Å². The summed E-state index contributed by atoms with van der Waals surface area (Å²) in [6.07, 6.45) is 0. The number of aromatic hydroxyl groups is 1. The van der Waals surface area contributed by atoms with Crippen molar-refractivity contribution in [3.63, 3.8) is 0 Å². The number of hydrogen-bond donors (Lipinski definition) is 1. The number of phenolic OH excluding ortho intramolecular Hbond substituents is 1. The van der Waals surface area contributed by atoms with Crippen molar-refractivity contribution in [3.8, 4) is 11.8 Å². The van der Waals surface area contributed by atoms with Gasteiger partial charge in [-0.1, -0.05) is 12.1 Å². The van der Waals surface area contributed by atoms with Crippen LogP contribution in [-0.4, -0.2) is 11.7 Å². The zero-order valence-corrected chi connectivity index (χ0v) is 10.5. The Kier molecular flexibility index (Phi) is 3.67. The second kappa shape index (κ2) is 5.40. The molecular formula is C15H13FN2O. The van der Waals surface area contributed by atoms with Crippen molar-refractivity contribution in [2.75, 3.05) is 11.4 Å². The van der Waals surface area contributed by atoms with Crippen LogP contribution in [0.25, 0.3) is 0 Å². The fourth-order valence-electron chi connectivity index (χ4n) is 2.00. The van der Waals surface area contributed by atoms with E-state index in [2.05, 4.69) is 0 Å². The molecule has 0 bridgehead atoms. The Labute approximate surface area is 111 Å². The molecule has 96 valence electrons. The summed E-state index contributed by atoms with van der Waals surface area (Å²) in [7, 11) is 0. The van der Waals surface area contributed by atoms with Crippen LogP contribution < -0.4 is 4.90 Å². The first kappa shape index (κ1) is 12.9. The van der Waals surface area contributed by atoms with Gasteiger partial charge in [0.2, 0.25) is 0 Å². The minimum absolute atomic E-state index is 0.00712. The largest absolute Gasteiger partial charge is 0.508 e. The summed E-state index contributed by atoms with van der Waals surface area (Å²) >= 11 is 0. The maximum atomic E-state index is 13.6. The number of benzene rings is 2. The molecular weight excluding hydrogens is 243 g/mol. The second-order valence-corrected chi connectivity index (χ2v) is 4.01. The molecule has 2 aromatic rings. The fraction of sp³-hybridized carbons (Fsp3) is 0.133. The van der Waals surface area contributed by atoms with Gasteiger partial charge in [0, 0.05) is 18.3 Å². The third-order valence-corrected chi connectivity index (χ3v) is 2.85. The molecule has 0 heterocycles. The van der Waals surface area contributed by atoms with Crippen LogP contribution in [0.2, 0.25) is 0 Å². The molecule has 0 radical (unpaired) electrons. The molecule has 0 saturated carbocycles. The third kappa shape index (κ3) is 2.50. The van der Waals surface area contributed by atoms with Gasteiger partial charge in [-0.25, -0.2) is 4.39 Å². The third-order valence-electron chi connectivity index (χ3n) is 2.85. The van der Waals surface area contributed by atoms with E-state index in [1.807, 2.05) is 13.0 Å². The molecule has 0 aliphatic rings. The van der Waals surface area contributed by atoms with Crippen LogP contribution in [0, 0.1) is 17.1 Å². The van der Waals surface area contributed by atoms with Gasteiger partial charge in [0.1, 0.15) is 23.2 Å². The van der Waals surface area contributed by atoms with Crippen LogP contribution in [0.1, 0.15) is 12.5 Å². The van der Waals surface area contributed by atoms with E-state index in [9.17, 15) is 9.50 Å². The molecule has 0 amide bonds. The van der Waals surface area contributed by atoms with Crippen molar-refractivity contribution >= 4 is 11.4 Å². The molecule has 4 heteroatoms. The second-order valence-electron chi connectivity index (χ2n) is 4.01. The van der Waals surface area contributed by atoms with E-state index in [4.69, 9.17) is 5.26 Å². The lowest BCUT2D eigenvalue weighted by molar-refractivity contribution is 0.475. The molecule has 0 atom stereocenters. The molecule has 0 saturated heterocycles. The van der Waals surface area contributed by atoms with Gasteiger partial charge in [0.05, 0.1) is 5.69 Å². The predicted molar refractivity (Wildman–Crippen MR) is 71.9 cm³/mol. The highest BCUT2D eigenvalue weighted by Crippen LogP contribution is 2.31. The van der Waals surface area contributed by atoms with Gasteiger partial charge in [0.25, 0.3) is 0 Å². The maximum Gasteiger partial charge on any atom is 0.143 e. The quantitative estimate of drug-likeness (QED) is 0.913. The molecule has 0 aliphatic carbocycles. The van der Waals surface area contributed by atoms with Crippen molar-refractivity contribution in [3.05, 3.63) is 53.8 Å². The normalized spacial score (nSPS) is 9.95. The Balaban J connectivity index is 2.55. The van der Waals surface area contributed by atoms with Crippen LogP contribution in [0.3, 0.4) is 0 Å². The number of hydrogen-bond acceptors (Lipinski definition) is 3. The Morgan fingerprint density at radius 1 is 1.26 bits per heavy atom. The predicted octanol–water partition coefficient (Wildman–Crippen LogP) is 3.56. The van der Waals surface area contributed by atoms with Crippen molar-refractivity contribution in [1.82, 2.24) is 0 Å². The van der Waals surface area contributed by atoms with E-state index in [1.54, 1.807) is 41.3 Å². The molecule has 0 spiro atoms. The van der Waals surface area contributed by atoms with Gasteiger partial charge in [0.15, 0.2) is 0 Å². The molecule has 2 rings (SSSR count). The van der Waals surface area contributed by atoms with Gasteiger partial charge in [-0.2, -0.15) is 5.26 Å². The van der Waals surface area contributed by atoms with Crippen molar-refractivity contribution < 1.29 is 9.50 Å². The lowest BCUT2D eigenvalue weighted by Crippen LogP contribution is -2.17. The van der Waals surface area contributed by atoms with Crippen LogP contribution in [0.4, 0.5) is 15.8 Å². The maximum absolute atomic E-state index is 13.6. The summed E-state index contributed by atoms with van der Waals surface area (Å²) in [6, 6.07) is 13.1. The number of anilines is 2. The number of nitrogens with zero attached hydrogens (tertiary/aromatic N) is 2. The highest BCUT2D eigenvalue weighted by molar-refractivity contribution is 5.70. The highest BCUT2D eigenvalue weighted by atomic mass is 19.1. The Bertz CT molecular complexity index is 634. The molecule has 3 nitrogen and oxygen atoms in total. The summed E-state index contributed by atoms with van der Waals surface area (Å²) in [5.74, 6) is -0.413. The molecule has 2 aromatic carbocycles. The van der Waals surface area contributed by atoms with Gasteiger partial charge < -0.3 is 10.0 Å². The lowest BCUT2D eigenvalue weighted by Gasteiger charge is -2.24. The monoisotopic (exact) mass is 256 g/mol. The van der Waals surface area contributed by atoms with Gasteiger partial charge in [-0.15, -0.1) is 0 Å². The molecule has 0 fully saturated rings. The first-order valence-corrected chi connectivity index (χ1v) is 5.92. The minimum atomic E-state index is -0.543. The Morgan fingerprint density at radius 2 is 2.00 bits per heavy atom. The summed E-state index contributed by atoms with van der Waals surface area (Å²) in [6.45, 7) is 2.46. The van der Waals surface area contributed by atoms with Gasteiger partial charge in [-0.05, 0) is 31.2 Å². The highest BCUT2D eigenvalue weighted by Gasteiger charge is 2.15. The average molecular weight is 256 g/mol. The van der Waals surface area contributed by atoms with Crippen molar-refractivity contribution in [1.29, 1.82) is 5.26 Å². The Morgan fingerprint density at radius 3 is 2.63 bits per heavy atom. The topological polar surface area (TPSA) is 47.3 Å². The molecule has 19 heavy (non-hydrogen) atoms. The molecule has 0 aliphatic heterocycles. The first-order chi connectivity index (χ1) is 9.17. The van der Waals surface area contributed by atoms with Crippen LogP contribution in [-0.2, 0) is 0 Å². The van der Waals surface area contributed by atoms with Crippen LogP contribution >= 0.6 is 0 Å². The molecule has 0 aromatic heterocycles. The lowest BCUT2D eigenvalue weighted by atomic mass is 10.1. The zero-order valence-electron chi connectivity index (χ0n) is 10.5. The number of rotatable bonds is 3. The molecule has 0 unspecified atom stereocenters. The van der Waals surface area contributed by atoms with E-state index in [-0.39, 0.29) is 11.3 Å². The average Bonchev–Trinajstić information content (AvgIpc) is 2.40. The van der Waals surface area contributed by atoms with E-state index < -0.39 is 5.82 Å².